The quantitative estimate of drug-likeness (QED) is 0.816. The van der Waals surface area contributed by atoms with E-state index in [0.717, 1.165) is 12.2 Å². The Hall–Kier alpha value is -0.710. The van der Waals surface area contributed by atoms with Crippen molar-refractivity contribution in [3.8, 4) is 0 Å². The summed E-state index contributed by atoms with van der Waals surface area (Å²) in [7, 11) is 1.78. The van der Waals surface area contributed by atoms with Crippen LogP contribution in [0.4, 0.5) is 0 Å². The molecule has 0 spiro atoms. The molecule has 0 aliphatic heterocycles. The van der Waals surface area contributed by atoms with Gasteiger partial charge in [0, 0.05) is 18.8 Å². The zero-order valence-corrected chi connectivity index (χ0v) is 11.5. The van der Waals surface area contributed by atoms with E-state index in [1.165, 1.54) is 0 Å². The van der Waals surface area contributed by atoms with E-state index in [-0.39, 0.29) is 17.9 Å². The van der Waals surface area contributed by atoms with Gasteiger partial charge in [-0.3, -0.25) is 9.59 Å². The van der Waals surface area contributed by atoms with E-state index in [1.807, 2.05) is 13.2 Å². The molecule has 1 N–H and O–H groups in total. The number of carbonyl (C=O) groups excluding carboxylic acids is 1. The van der Waals surface area contributed by atoms with Crippen LogP contribution in [0.2, 0.25) is 0 Å². The van der Waals surface area contributed by atoms with Crippen LogP contribution in [0.3, 0.4) is 0 Å². The van der Waals surface area contributed by atoms with Crippen LogP contribution in [0, 0.1) is 11.8 Å². The third-order valence-electron chi connectivity index (χ3n) is 3.57. The molecular formula is C12H21NO3S. The lowest BCUT2D eigenvalue weighted by Gasteiger charge is -2.28. The third kappa shape index (κ3) is 3.37. The number of hydrogen-bond acceptors (Lipinski definition) is 3. The van der Waals surface area contributed by atoms with Crippen LogP contribution in [-0.4, -0.2) is 47.0 Å². The first kappa shape index (κ1) is 14.4. The van der Waals surface area contributed by atoms with Gasteiger partial charge in [0.2, 0.25) is 5.91 Å². The first-order chi connectivity index (χ1) is 7.99. The molecule has 3 atom stereocenters. The van der Waals surface area contributed by atoms with Gasteiger partial charge in [-0.2, -0.15) is 11.8 Å². The monoisotopic (exact) mass is 259 g/mol. The van der Waals surface area contributed by atoms with E-state index in [0.29, 0.717) is 12.8 Å². The van der Waals surface area contributed by atoms with Crippen LogP contribution in [0.1, 0.15) is 26.2 Å². The lowest BCUT2D eigenvalue weighted by Crippen LogP contribution is -2.42. The van der Waals surface area contributed by atoms with Crippen molar-refractivity contribution in [2.24, 2.45) is 11.8 Å². The molecule has 1 fully saturated rings. The highest BCUT2D eigenvalue weighted by atomic mass is 32.2. The van der Waals surface area contributed by atoms with Gasteiger partial charge >= 0.3 is 5.97 Å². The van der Waals surface area contributed by atoms with Gasteiger partial charge in [0.15, 0.2) is 0 Å². The maximum Gasteiger partial charge on any atom is 0.307 e. The Morgan fingerprint density at radius 3 is 2.53 bits per heavy atom. The van der Waals surface area contributed by atoms with Gasteiger partial charge in [0.1, 0.15) is 0 Å². The van der Waals surface area contributed by atoms with Gasteiger partial charge in [0.05, 0.1) is 11.8 Å². The predicted octanol–water partition coefficient (Wildman–Crippen LogP) is 1.70. The van der Waals surface area contributed by atoms with E-state index >= 15 is 0 Å². The fourth-order valence-electron chi connectivity index (χ4n) is 2.38. The zero-order chi connectivity index (χ0) is 13.0. The maximum atomic E-state index is 12.2. The van der Waals surface area contributed by atoms with Crippen molar-refractivity contribution in [1.82, 2.24) is 4.90 Å². The number of rotatable bonds is 5. The highest BCUT2D eigenvalue weighted by Crippen LogP contribution is 2.33. The van der Waals surface area contributed by atoms with Crippen LogP contribution in [0.15, 0.2) is 0 Å². The van der Waals surface area contributed by atoms with Crippen molar-refractivity contribution < 1.29 is 14.7 Å². The summed E-state index contributed by atoms with van der Waals surface area (Å²) in [4.78, 5) is 25.0. The van der Waals surface area contributed by atoms with Gasteiger partial charge in [-0.05, 0) is 26.0 Å². The number of thioether (sulfide) groups is 1. The number of carboxylic acids is 1. The topological polar surface area (TPSA) is 57.6 Å². The van der Waals surface area contributed by atoms with Crippen molar-refractivity contribution in [3.05, 3.63) is 0 Å². The number of aliphatic carboxylic acids is 1. The molecular weight excluding hydrogens is 238 g/mol. The molecule has 1 rings (SSSR count). The summed E-state index contributed by atoms with van der Waals surface area (Å²) in [6.45, 7) is 2.00. The molecule has 0 aromatic carbocycles. The molecule has 1 aliphatic carbocycles. The Morgan fingerprint density at radius 1 is 1.41 bits per heavy atom. The minimum atomic E-state index is -0.827. The number of hydrogen-bond donors (Lipinski definition) is 1. The molecule has 1 unspecified atom stereocenters. The van der Waals surface area contributed by atoms with E-state index in [1.54, 1.807) is 23.7 Å². The fraction of sp³-hybridized carbons (Fsp3) is 0.833. The number of carbonyl (C=O) groups is 2. The first-order valence-electron chi connectivity index (χ1n) is 5.97. The Bertz CT molecular complexity index is 295. The number of amides is 1. The smallest absolute Gasteiger partial charge is 0.307 e. The summed E-state index contributed by atoms with van der Waals surface area (Å²) in [6.07, 6.45) is 4.20. The normalized spacial score (nSPS) is 25.6. The molecule has 4 nitrogen and oxygen atoms in total. The minimum Gasteiger partial charge on any atom is -0.481 e. The van der Waals surface area contributed by atoms with Gasteiger partial charge in [-0.25, -0.2) is 0 Å². The Balaban J connectivity index is 2.65. The summed E-state index contributed by atoms with van der Waals surface area (Å²) < 4.78 is 0. The van der Waals surface area contributed by atoms with Crippen molar-refractivity contribution in [1.29, 1.82) is 0 Å². The van der Waals surface area contributed by atoms with Crippen LogP contribution in [0.5, 0.6) is 0 Å². The average Bonchev–Trinajstić information content (AvgIpc) is 2.76. The molecule has 5 heteroatoms. The molecule has 1 aliphatic rings. The molecule has 1 saturated carbocycles. The summed E-state index contributed by atoms with van der Waals surface area (Å²) in [5.41, 5.74) is 0. The Morgan fingerprint density at radius 2 is 2.00 bits per heavy atom. The van der Waals surface area contributed by atoms with Gasteiger partial charge in [0.25, 0.3) is 0 Å². The molecule has 0 radical (unpaired) electrons. The van der Waals surface area contributed by atoms with Gasteiger partial charge in [-0.15, -0.1) is 0 Å². The molecule has 0 heterocycles. The standard InChI is InChI=1S/C12H21NO3S/c1-8(7-17-3)13(2)11(14)9-5-4-6-10(9)12(15)16/h8-10H,4-7H2,1-3H3,(H,15,16)/t8?,9-,10+/m1/s1. The first-order valence-corrected chi connectivity index (χ1v) is 7.36. The number of carboxylic acid groups (broad SMARTS) is 1. The van der Waals surface area contributed by atoms with E-state index in [2.05, 4.69) is 0 Å². The van der Waals surface area contributed by atoms with Gasteiger partial charge < -0.3 is 10.0 Å². The van der Waals surface area contributed by atoms with Crippen molar-refractivity contribution >= 4 is 23.6 Å². The molecule has 17 heavy (non-hydrogen) atoms. The van der Waals surface area contributed by atoms with Crippen LogP contribution >= 0.6 is 11.8 Å². The van der Waals surface area contributed by atoms with Crippen LogP contribution < -0.4 is 0 Å². The molecule has 0 aromatic heterocycles. The molecule has 98 valence electrons. The molecule has 0 saturated heterocycles. The Kier molecular flexibility index (Phi) is 5.31. The SMILES string of the molecule is CSCC(C)N(C)C(=O)[C@@H]1CCC[C@@H]1C(=O)O. The predicted molar refractivity (Wildman–Crippen MR) is 69.1 cm³/mol. The van der Waals surface area contributed by atoms with Gasteiger partial charge in [-0.1, -0.05) is 6.42 Å². The van der Waals surface area contributed by atoms with E-state index in [4.69, 9.17) is 5.11 Å². The molecule has 0 bridgehead atoms. The maximum absolute atomic E-state index is 12.2. The van der Waals surface area contributed by atoms with E-state index in [9.17, 15) is 9.59 Å². The Labute approximate surface area is 107 Å². The summed E-state index contributed by atoms with van der Waals surface area (Å²) in [5.74, 6) is -0.747. The second-order valence-electron chi connectivity index (χ2n) is 4.74. The highest BCUT2D eigenvalue weighted by molar-refractivity contribution is 7.98. The van der Waals surface area contributed by atoms with Crippen molar-refractivity contribution in [2.45, 2.75) is 32.2 Å². The fourth-order valence-corrected chi connectivity index (χ4v) is 3.09. The van der Waals surface area contributed by atoms with Crippen LogP contribution in [0.25, 0.3) is 0 Å². The molecule has 1 amide bonds. The van der Waals surface area contributed by atoms with Crippen molar-refractivity contribution in [3.63, 3.8) is 0 Å². The zero-order valence-electron chi connectivity index (χ0n) is 10.7. The van der Waals surface area contributed by atoms with E-state index < -0.39 is 11.9 Å². The second kappa shape index (κ2) is 6.28. The lowest BCUT2D eigenvalue weighted by molar-refractivity contribution is -0.149. The summed E-state index contributed by atoms with van der Waals surface area (Å²) in [5, 5.41) is 9.08. The summed E-state index contributed by atoms with van der Waals surface area (Å²) >= 11 is 1.69. The lowest BCUT2D eigenvalue weighted by atomic mass is 9.94. The third-order valence-corrected chi connectivity index (χ3v) is 4.38. The second-order valence-corrected chi connectivity index (χ2v) is 5.65. The molecule has 0 aromatic rings. The largest absolute Gasteiger partial charge is 0.481 e. The van der Waals surface area contributed by atoms with Crippen LogP contribution in [-0.2, 0) is 9.59 Å². The minimum absolute atomic E-state index is 0.00329. The van der Waals surface area contributed by atoms with Crippen molar-refractivity contribution in [2.75, 3.05) is 19.1 Å². The summed E-state index contributed by atoms with van der Waals surface area (Å²) in [6, 6.07) is 0.160. The average molecular weight is 259 g/mol. The highest BCUT2D eigenvalue weighted by Gasteiger charge is 2.39. The number of nitrogens with zero attached hydrogens (tertiary/aromatic N) is 1.